The number of hydrogen-bond acceptors (Lipinski definition) is 3. The van der Waals surface area contributed by atoms with Crippen molar-refractivity contribution in [1.82, 2.24) is 0 Å². The van der Waals surface area contributed by atoms with Gasteiger partial charge in [-0.2, -0.15) is 0 Å². The van der Waals surface area contributed by atoms with Crippen LogP contribution in [-0.2, 0) is 0 Å². The standard InChI is InChI=1S/C24H14NOS2/c1-5-13-21-16(8-1)25-17-9-2-6-14-22(17)28(21)23-15-7-11-19-24(23)27-20-12-4-3-10-18(20)26-19/h1-8,10-15H. The van der Waals surface area contributed by atoms with Crippen LogP contribution in [0.15, 0.2) is 110 Å². The molecule has 2 heterocycles. The van der Waals surface area contributed by atoms with Gasteiger partial charge in [-0.1, -0.05) is 54.2 Å². The van der Waals surface area contributed by atoms with E-state index >= 15 is 0 Å². The SMILES string of the molecule is [c]1cccc2c1=Nc1ccccc1S=2c1cccc2c1Sc1ccccc1O2. The quantitative estimate of drug-likeness (QED) is 0.290. The van der Waals surface area contributed by atoms with Crippen LogP contribution in [0.3, 0.4) is 0 Å². The second kappa shape index (κ2) is 6.36. The molecule has 0 aromatic heterocycles. The van der Waals surface area contributed by atoms with Crippen LogP contribution in [0, 0.1) is 10.6 Å². The Bertz CT molecular complexity index is 1380. The molecule has 6 rings (SSSR count). The Hall–Kier alpha value is -2.82. The highest BCUT2D eigenvalue weighted by molar-refractivity contribution is 8.10. The van der Waals surface area contributed by atoms with Crippen molar-refractivity contribution in [2.75, 3.05) is 0 Å². The lowest BCUT2D eigenvalue weighted by molar-refractivity contribution is 0.451. The summed E-state index contributed by atoms with van der Waals surface area (Å²) in [6.45, 7) is 0. The highest BCUT2D eigenvalue weighted by Gasteiger charge is 2.24. The van der Waals surface area contributed by atoms with Gasteiger partial charge in [0.15, 0.2) is 0 Å². The minimum absolute atomic E-state index is 0.250. The van der Waals surface area contributed by atoms with Gasteiger partial charge in [-0.25, -0.2) is 4.99 Å². The zero-order chi connectivity index (χ0) is 18.5. The molecule has 0 saturated heterocycles. The lowest BCUT2D eigenvalue weighted by atomic mass is 10.3. The fourth-order valence-corrected chi connectivity index (χ4v) is 7.14. The molecule has 4 heteroatoms. The monoisotopic (exact) mass is 396 g/mol. The Morgan fingerprint density at radius 3 is 2.61 bits per heavy atom. The van der Waals surface area contributed by atoms with E-state index in [-0.39, 0.29) is 10.5 Å². The van der Waals surface area contributed by atoms with Gasteiger partial charge in [-0.3, -0.25) is 0 Å². The van der Waals surface area contributed by atoms with Crippen LogP contribution in [0.25, 0.3) is 0 Å². The van der Waals surface area contributed by atoms with Gasteiger partial charge in [-0.15, -0.1) is 10.5 Å². The first-order chi connectivity index (χ1) is 13.9. The van der Waals surface area contributed by atoms with Crippen LogP contribution >= 0.6 is 22.2 Å². The minimum atomic E-state index is -0.250. The van der Waals surface area contributed by atoms with E-state index in [1.54, 1.807) is 11.8 Å². The second-order valence-electron chi connectivity index (χ2n) is 6.50. The summed E-state index contributed by atoms with van der Waals surface area (Å²) < 4.78 is 7.45. The average Bonchev–Trinajstić information content (AvgIpc) is 2.76. The van der Waals surface area contributed by atoms with Crippen LogP contribution in [0.4, 0.5) is 5.69 Å². The maximum atomic E-state index is 6.24. The van der Waals surface area contributed by atoms with Crippen molar-refractivity contribution in [2.45, 2.75) is 19.6 Å². The van der Waals surface area contributed by atoms with Gasteiger partial charge in [0.1, 0.15) is 11.5 Å². The molecular formula is C24H14NOS2. The molecule has 0 amide bonds. The molecule has 1 unspecified atom stereocenters. The van der Waals surface area contributed by atoms with Crippen molar-refractivity contribution < 1.29 is 4.74 Å². The average molecular weight is 397 g/mol. The van der Waals surface area contributed by atoms with Crippen LogP contribution < -0.4 is 10.1 Å². The van der Waals surface area contributed by atoms with Crippen molar-refractivity contribution >= 4 is 27.9 Å². The molecule has 0 fully saturated rings. The predicted octanol–water partition coefficient (Wildman–Crippen LogP) is 6.65. The van der Waals surface area contributed by atoms with E-state index < -0.39 is 0 Å². The fraction of sp³-hybridized carbons (Fsp3) is 0. The Morgan fingerprint density at radius 2 is 1.61 bits per heavy atom. The zero-order valence-electron chi connectivity index (χ0n) is 14.8. The van der Waals surface area contributed by atoms with Gasteiger partial charge in [0.2, 0.25) is 0 Å². The van der Waals surface area contributed by atoms with E-state index in [2.05, 4.69) is 66.7 Å². The molecule has 1 radical (unpaired) electrons. The van der Waals surface area contributed by atoms with E-state index in [1.165, 1.54) is 19.2 Å². The summed E-state index contributed by atoms with van der Waals surface area (Å²) in [6, 6.07) is 32.5. The smallest absolute Gasteiger partial charge is 0.142 e. The fourth-order valence-electron chi connectivity index (χ4n) is 3.55. The molecule has 4 aromatic rings. The third kappa shape index (κ3) is 2.45. The molecule has 4 aromatic carbocycles. The molecule has 0 bridgehead atoms. The highest BCUT2D eigenvalue weighted by atomic mass is 32.2. The summed E-state index contributed by atoms with van der Waals surface area (Å²) in [5.41, 5.74) is 1.03. The first kappa shape index (κ1) is 16.2. The van der Waals surface area contributed by atoms with Gasteiger partial charge in [0.25, 0.3) is 0 Å². The third-order valence-corrected chi connectivity index (χ3v) is 8.42. The summed E-state index contributed by atoms with van der Waals surface area (Å²) in [4.78, 5) is 9.72. The summed E-state index contributed by atoms with van der Waals surface area (Å²) in [5, 5.41) is 0.935. The molecule has 0 saturated carbocycles. The lowest BCUT2D eigenvalue weighted by Crippen LogP contribution is -2.07. The van der Waals surface area contributed by atoms with Crippen molar-refractivity contribution in [2.24, 2.45) is 4.99 Å². The lowest BCUT2D eigenvalue weighted by Gasteiger charge is -2.24. The summed E-state index contributed by atoms with van der Waals surface area (Å²) in [7, 11) is -0.250. The minimum Gasteiger partial charge on any atom is -0.455 e. The van der Waals surface area contributed by atoms with Gasteiger partial charge < -0.3 is 4.74 Å². The van der Waals surface area contributed by atoms with Gasteiger partial charge in [-0.05, 0) is 42.5 Å². The predicted molar refractivity (Wildman–Crippen MR) is 113 cm³/mol. The van der Waals surface area contributed by atoms with E-state index in [4.69, 9.17) is 9.73 Å². The van der Waals surface area contributed by atoms with E-state index in [0.29, 0.717) is 0 Å². The normalized spacial score (nSPS) is 15.9. The van der Waals surface area contributed by atoms with Crippen LogP contribution in [-0.4, -0.2) is 0 Å². The Balaban J connectivity index is 1.68. The van der Waals surface area contributed by atoms with Crippen molar-refractivity contribution in [3.63, 3.8) is 0 Å². The highest BCUT2D eigenvalue weighted by Crippen LogP contribution is 2.55. The molecule has 2 nitrogen and oxygen atoms in total. The van der Waals surface area contributed by atoms with Crippen LogP contribution in [0.1, 0.15) is 0 Å². The third-order valence-electron chi connectivity index (χ3n) is 4.78. The maximum absolute atomic E-state index is 6.24. The Morgan fingerprint density at radius 1 is 0.786 bits per heavy atom. The zero-order valence-corrected chi connectivity index (χ0v) is 16.4. The maximum Gasteiger partial charge on any atom is 0.142 e. The molecule has 1 atom stereocenters. The molecule has 133 valence electrons. The molecule has 2 aliphatic heterocycles. The van der Waals surface area contributed by atoms with E-state index in [0.717, 1.165) is 27.4 Å². The number of rotatable bonds is 1. The number of para-hydroxylation sites is 3. The van der Waals surface area contributed by atoms with E-state index in [1.807, 2.05) is 24.3 Å². The molecular weight excluding hydrogens is 382 g/mol. The first-order valence-electron chi connectivity index (χ1n) is 9.02. The number of fused-ring (bicyclic) bond motifs is 4. The molecule has 2 aliphatic rings. The number of ether oxygens (including phenoxy) is 1. The molecule has 0 N–H and O–H groups in total. The molecule has 28 heavy (non-hydrogen) atoms. The van der Waals surface area contributed by atoms with Crippen molar-refractivity contribution in [3.8, 4) is 11.5 Å². The largest absolute Gasteiger partial charge is 0.455 e. The second-order valence-corrected chi connectivity index (χ2v) is 9.49. The van der Waals surface area contributed by atoms with Crippen molar-refractivity contribution in [3.05, 3.63) is 101 Å². The van der Waals surface area contributed by atoms with Crippen molar-refractivity contribution in [1.29, 1.82) is 0 Å². The van der Waals surface area contributed by atoms with Crippen LogP contribution in [0.5, 0.6) is 11.5 Å². The Kier molecular flexibility index (Phi) is 3.67. The molecule has 0 spiro atoms. The number of hydrogen-bond donors (Lipinski definition) is 0. The number of benzene rings is 4. The first-order valence-corrected chi connectivity index (χ1v) is 11.1. The molecule has 0 aliphatic carbocycles. The van der Waals surface area contributed by atoms with Gasteiger partial charge >= 0.3 is 0 Å². The Labute approximate surface area is 169 Å². The topological polar surface area (TPSA) is 21.6 Å². The van der Waals surface area contributed by atoms with Gasteiger partial charge in [0.05, 0.1) is 20.8 Å². The van der Waals surface area contributed by atoms with Crippen LogP contribution in [0.2, 0.25) is 0 Å². The summed E-state index contributed by atoms with van der Waals surface area (Å²) in [6.07, 6.45) is 0. The number of nitrogens with zero attached hydrogens (tertiary/aromatic N) is 1. The van der Waals surface area contributed by atoms with Gasteiger partial charge in [0, 0.05) is 20.4 Å². The summed E-state index contributed by atoms with van der Waals surface area (Å²) >= 11 is 1.79. The summed E-state index contributed by atoms with van der Waals surface area (Å²) in [5.74, 6) is 1.85. The van der Waals surface area contributed by atoms with E-state index in [9.17, 15) is 0 Å².